The van der Waals surface area contributed by atoms with Crippen molar-refractivity contribution in [2.45, 2.75) is 32.7 Å². The van der Waals surface area contributed by atoms with E-state index in [0.717, 1.165) is 37.1 Å². The highest BCUT2D eigenvalue weighted by Crippen LogP contribution is 2.19. The highest BCUT2D eigenvalue weighted by molar-refractivity contribution is 5.96. The van der Waals surface area contributed by atoms with E-state index in [0.29, 0.717) is 31.9 Å². The largest absolute Gasteiger partial charge is 0.466 e. The van der Waals surface area contributed by atoms with Gasteiger partial charge in [0.15, 0.2) is 5.69 Å². The minimum atomic E-state index is -0.284. The summed E-state index contributed by atoms with van der Waals surface area (Å²) in [5.41, 5.74) is 2.23. The Morgan fingerprint density at radius 3 is 2.89 bits per heavy atom. The Morgan fingerprint density at radius 1 is 1.36 bits per heavy atom. The minimum absolute atomic E-state index is 0. The average Bonchev–Trinajstić information content (AvgIpc) is 3.11. The number of H-pyrrole nitrogens is 1. The van der Waals surface area contributed by atoms with Crippen LogP contribution in [0.3, 0.4) is 0 Å². The summed E-state index contributed by atoms with van der Waals surface area (Å²) in [5.74, 6) is -0.978. The molecule has 0 aliphatic carbocycles. The fourth-order valence-electron chi connectivity index (χ4n) is 3.61. The summed E-state index contributed by atoms with van der Waals surface area (Å²) in [6.45, 7) is 4.47. The van der Waals surface area contributed by atoms with Crippen LogP contribution in [0.15, 0.2) is 0 Å². The first-order valence-electron chi connectivity index (χ1n) is 9.48. The number of ether oxygens (including phenoxy) is 1. The predicted molar refractivity (Wildman–Crippen MR) is 104 cm³/mol. The predicted octanol–water partition coefficient (Wildman–Crippen LogP) is 0.351. The number of likely N-dealkylation sites (tertiary alicyclic amines) is 1. The Morgan fingerprint density at radius 2 is 2.14 bits per heavy atom. The van der Waals surface area contributed by atoms with E-state index >= 15 is 0 Å². The second-order valence-corrected chi connectivity index (χ2v) is 7.05. The van der Waals surface area contributed by atoms with Crippen LogP contribution in [-0.2, 0) is 27.3 Å². The number of nitrogens with one attached hydrogen (secondary N) is 2. The molecule has 0 saturated carbocycles. The lowest BCUT2D eigenvalue weighted by atomic mass is 9.98. The number of aromatic amines is 1. The number of hydrogen-bond acceptors (Lipinski definition) is 6. The first-order valence-corrected chi connectivity index (χ1v) is 9.48. The topological polar surface area (TPSA) is 108 Å². The number of piperidine rings is 1. The maximum atomic E-state index is 12.7. The van der Waals surface area contributed by atoms with E-state index in [9.17, 15) is 14.4 Å². The number of likely N-dealkylation sites (N-methyl/N-ethyl adjacent to an activating group) is 1. The molecule has 2 amide bonds. The minimum Gasteiger partial charge on any atom is -0.466 e. The van der Waals surface area contributed by atoms with Crippen LogP contribution in [0.5, 0.6) is 0 Å². The van der Waals surface area contributed by atoms with Gasteiger partial charge in [-0.05, 0) is 19.8 Å². The van der Waals surface area contributed by atoms with Gasteiger partial charge in [-0.15, -0.1) is 12.4 Å². The number of rotatable bonds is 5. The standard InChI is InChI=1S/C18H27N5O4.ClH/c1-3-27-18(26)12-5-4-8-23(10-12)15(24)11-22(2)17(25)16-13-9-19-7-6-14(13)20-21-16;/h12,19H,3-11H2,1-2H3,(H,20,21);1H. The molecule has 0 radical (unpaired) electrons. The summed E-state index contributed by atoms with van der Waals surface area (Å²) in [4.78, 5) is 40.3. The Labute approximate surface area is 170 Å². The summed E-state index contributed by atoms with van der Waals surface area (Å²) in [6, 6.07) is 0. The summed E-state index contributed by atoms with van der Waals surface area (Å²) in [6.07, 6.45) is 2.29. The Bertz CT molecular complexity index is 723. The zero-order valence-corrected chi connectivity index (χ0v) is 17.1. The molecule has 2 aliphatic heterocycles. The van der Waals surface area contributed by atoms with Gasteiger partial charge >= 0.3 is 5.97 Å². The molecule has 0 spiro atoms. The number of carbonyl (C=O) groups is 3. The second kappa shape index (κ2) is 9.88. The number of carbonyl (C=O) groups excluding carboxylic acids is 3. The molecule has 0 bridgehead atoms. The zero-order chi connectivity index (χ0) is 19.4. The molecule has 1 atom stereocenters. The van der Waals surface area contributed by atoms with Crippen molar-refractivity contribution in [1.82, 2.24) is 25.3 Å². The molecular formula is C18H28ClN5O4. The summed E-state index contributed by atoms with van der Waals surface area (Å²) in [5, 5.41) is 10.3. The monoisotopic (exact) mass is 413 g/mol. The molecule has 3 rings (SSSR count). The van der Waals surface area contributed by atoms with E-state index in [-0.39, 0.29) is 42.7 Å². The molecule has 3 heterocycles. The third-order valence-corrected chi connectivity index (χ3v) is 5.12. The number of amides is 2. The van der Waals surface area contributed by atoms with Crippen molar-refractivity contribution in [3.05, 3.63) is 17.0 Å². The van der Waals surface area contributed by atoms with Crippen molar-refractivity contribution in [3.63, 3.8) is 0 Å². The Balaban J connectivity index is 0.00000280. The summed E-state index contributed by atoms with van der Waals surface area (Å²) < 4.78 is 5.07. The fourth-order valence-corrected chi connectivity index (χ4v) is 3.61. The van der Waals surface area contributed by atoms with Gasteiger partial charge < -0.3 is 19.9 Å². The maximum Gasteiger partial charge on any atom is 0.310 e. The molecule has 1 aromatic rings. The van der Waals surface area contributed by atoms with Gasteiger partial charge in [-0.1, -0.05) is 0 Å². The van der Waals surface area contributed by atoms with Crippen LogP contribution in [-0.4, -0.2) is 77.6 Å². The van der Waals surface area contributed by atoms with E-state index in [1.54, 1.807) is 18.9 Å². The molecule has 1 fully saturated rings. The van der Waals surface area contributed by atoms with Gasteiger partial charge in [0.2, 0.25) is 5.91 Å². The molecule has 2 N–H and O–H groups in total. The molecular weight excluding hydrogens is 386 g/mol. The van der Waals surface area contributed by atoms with Crippen LogP contribution in [0, 0.1) is 5.92 Å². The van der Waals surface area contributed by atoms with E-state index in [1.807, 2.05) is 0 Å². The van der Waals surface area contributed by atoms with Crippen LogP contribution in [0.25, 0.3) is 0 Å². The van der Waals surface area contributed by atoms with Crippen LogP contribution in [0.2, 0.25) is 0 Å². The van der Waals surface area contributed by atoms with Crippen molar-refractivity contribution >= 4 is 30.2 Å². The van der Waals surface area contributed by atoms with Crippen molar-refractivity contribution in [2.24, 2.45) is 5.92 Å². The highest BCUT2D eigenvalue weighted by atomic mass is 35.5. The number of nitrogens with zero attached hydrogens (tertiary/aromatic N) is 3. The number of hydrogen-bond donors (Lipinski definition) is 2. The lowest BCUT2D eigenvalue weighted by Crippen LogP contribution is -2.47. The number of halogens is 1. The Hall–Kier alpha value is -2.13. The van der Waals surface area contributed by atoms with Gasteiger partial charge in [0, 0.05) is 50.9 Å². The third kappa shape index (κ3) is 4.82. The van der Waals surface area contributed by atoms with Gasteiger partial charge in [-0.25, -0.2) is 0 Å². The number of aromatic nitrogens is 2. The van der Waals surface area contributed by atoms with E-state index in [2.05, 4.69) is 15.5 Å². The van der Waals surface area contributed by atoms with Gasteiger partial charge in [0.05, 0.1) is 19.1 Å². The van der Waals surface area contributed by atoms with Gasteiger partial charge in [0.25, 0.3) is 5.91 Å². The van der Waals surface area contributed by atoms with Gasteiger partial charge in [-0.2, -0.15) is 5.10 Å². The smallest absolute Gasteiger partial charge is 0.310 e. The van der Waals surface area contributed by atoms with Crippen LogP contribution >= 0.6 is 12.4 Å². The molecule has 0 aromatic carbocycles. The first kappa shape index (κ1) is 22.2. The van der Waals surface area contributed by atoms with Crippen LogP contribution < -0.4 is 5.32 Å². The molecule has 28 heavy (non-hydrogen) atoms. The molecule has 1 saturated heterocycles. The zero-order valence-electron chi connectivity index (χ0n) is 16.3. The van der Waals surface area contributed by atoms with Crippen molar-refractivity contribution in [2.75, 3.05) is 39.8 Å². The van der Waals surface area contributed by atoms with Crippen molar-refractivity contribution in [1.29, 1.82) is 0 Å². The van der Waals surface area contributed by atoms with Crippen molar-refractivity contribution < 1.29 is 19.1 Å². The summed E-state index contributed by atoms with van der Waals surface area (Å²) in [7, 11) is 1.60. The third-order valence-electron chi connectivity index (χ3n) is 5.12. The highest BCUT2D eigenvalue weighted by Gasteiger charge is 2.31. The lowest BCUT2D eigenvalue weighted by Gasteiger charge is -2.32. The van der Waals surface area contributed by atoms with E-state index < -0.39 is 0 Å². The van der Waals surface area contributed by atoms with Crippen LogP contribution in [0.1, 0.15) is 41.5 Å². The number of esters is 1. The van der Waals surface area contributed by atoms with Crippen molar-refractivity contribution in [3.8, 4) is 0 Å². The van der Waals surface area contributed by atoms with Crippen LogP contribution in [0.4, 0.5) is 0 Å². The second-order valence-electron chi connectivity index (χ2n) is 7.05. The summed E-state index contributed by atoms with van der Waals surface area (Å²) >= 11 is 0. The van der Waals surface area contributed by atoms with E-state index in [4.69, 9.17) is 4.74 Å². The lowest BCUT2D eigenvalue weighted by molar-refractivity contribution is -0.151. The quantitative estimate of drug-likeness (QED) is 0.674. The van der Waals surface area contributed by atoms with Gasteiger partial charge in [-0.3, -0.25) is 19.5 Å². The maximum absolute atomic E-state index is 12.7. The first-order chi connectivity index (χ1) is 13.0. The SMILES string of the molecule is CCOC(=O)C1CCCN(C(=O)CN(C)C(=O)c2n[nH]c3c2CNCC3)C1.Cl. The molecule has 156 valence electrons. The molecule has 1 unspecified atom stereocenters. The number of fused-ring (bicyclic) bond motifs is 1. The molecule has 1 aromatic heterocycles. The average molecular weight is 414 g/mol. The molecule has 2 aliphatic rings. The normalized spacial score (nSPS) is 18.6. The van der Waals surface area contributed by atoms with Gasteiger partial charge in [0.1, 0.15) is 0 Å². The fraction of sp³-hybridized carbons (Fsp3) is 0.667. The Kier molecular flexibility index (Phi) is 7.82. The molecule has 9 nitrogen and oxygen atoms in total. The molecule has 10 heteroatoms. The van der Waals surface area contributed by atoms with E-state index in [1.165, 1.54) is 4.90 Å².